The molecular weight excluding hydrogens is 550 g/mol. The zero-order valence-corrected chi connectivity index (χ0v) is 25.0. The van der Waals surface area contributed by atoms with Crippen LogP contribution in [0.5, 0.6) is 0 Å². The lowest BCUT2D eigenvalue weighted by molar-refractivity contribution is 0.0893. The first kappa shape index (κ1) is 28.3. The van der Waals surface area contributed by atoms with Gasteiger partial charge in [0.05, 0.1) is 34.4 Å². The Kier molecular flexibility index (Phi) is 8.24. The summed E-state index contributed by atoms with van der Waals surface area (Å²) >= 11 is 6.65. The number of hydrogen-bond acceptors (Lipinski definition) is 7. The van der Waals surface area contributed by atoms with E-state index in [4.69, 9.17) is 26.4 Å². The van der Waals surface area contributed by atoms with Gasteiger partial charge in [0.25, 0.3) is 5.91 Å². The molecule has 2 N–H and O–H groups in total. The highest BCUT2D eigenvalue weighted by Gasteiger charge is 2.28. The molecule has 218 valence electrons. The second kappa shape index (κ2) is 12.2. The summed E-state index contributed by atoms with van der Waals surface area (Å²) < 4.78 is 7.14. The number of likely N-dealkylation sites (tertiary alicyclic amines) is 1. The van der Waals surface area contributed by atoms with Crippen LogP contribution in [0.2, 0.25) is 5.02 Å². The SMILES string of the molecule is COCCN1CCC(NC(=O)c2ccc(Nc3ncc4c(n3)-c3c(nn(C)c3-c3ccccc3C)CC4)c(Cl)c2)CC1. The van der Waals surface area contributed by atoms with Crippen LogP contribution >= 0.6 is 11.6 Å². The molecule has 2 aromatic heterocycles. The van der Waals surface area contributed by atoms with Gasteiger partial charge in [-0.1, -0.05) is 35.9 Å². The predicted octanol–water partition coefficient (Wildman–Crippen LogP) is 5.19. The number of aromatic nitrogens is 4. The molecule has 0 radical (unpaired) electrons. The van der Waals surface area contributed by atoms with E-state index in [1.54, 1.807) is 19.2 Å². The minimum Gasteiger partial charge on any atom is -0.383 e. The molecule has 1 saturated heterocycles. The van der Waals surface area contributed by atoms with E-state index in [9.17, 15) is 4.79 Å². The minimum absolute atomic E-state index is 0.114. The number of fused-ring (bicyclic) bond motifs is 3. The van der Waals surface area contributed by atoms with Crippen LogP contribution in [0.3, 0.4) is 0 Å². The second-order valence-corrected chi connectivity index (χ2v) is 11.5. The average molecular weight is 586 g/mol. The number of piperidine rings is 1. The number of aryl methyl sites for hydroxylation is 4. The second-order valence-electron chi connectivity index (χ2n) is 11.1. The summed E-state index contributed by atoms with van der Waals surface area (Å²) in [7, 11) is 3.71. The van der Waals surface area contributed by atoms with E-state index in [0.717, 1.165) is 85.7 Å². The molecule has 0 unspecified atom stereocenters. The fourth-order valence-electron chi connectivity index (χ4n) is 5.94. The molecule has 9 nitrogen and oxygen atoms in total. The van der Waals surface area contributed by atoms with Gasteiger partial charge in [-0.3, -0.25) is 9.48 Å². The smallest absolute Gasteiger partial charge is 0.251 e. The molecule has 0 saturated carbocycles. The Morgan fingerprint density at radius 2 is 1.95 bits per heavy atom. The van der Waals surface area contributed by atoms with Gasteiger partial charge < -0.3 is 20.3 Å². The maximum Gasteiger partial charge on any atom is 0.251 e. The van der Waals surface area contributed by atoms with Crippen molar-refractivity contribution in [2.75, 3.05) is 38.7 Å². The molecular formula is C32H36ClN7O2. The van der Waals surface area contributed by atoms with E-state index in [1.807, 2.05) is 30.1 Å². The van der Waals surface area contributed by atoms with Crippen molar-refractivity contribution in [1.29, 1.82) is 0 Å². The van der Waals surface area contributed by atoms with Crippen LogP contribution in [0.25, 0.3) is 22.5 Å². The molecule has 1 amide bonds. The first-order chi connectivity index (χ1) is 20.4. The molecule has 1 aliphatic heterocycles. The van der Waals surface area contributed by atoms with Gasteiger partial charge >= 0.3 is 0 Å². The summed E-state index contributed by atoms with van der Waals surface area (Å²) in [6.45, 7) is 5.67. The number of amides is 1. The molecule has 6 rings (SSSR count). The Bertz CT molecular complexity index is 1610. The van der Waals surface area contributed by atoms with E-state index in [-0.39, 0.29) is 11.9 Å². The third-order valence-electron chi connectivity index (χ3n) is 8.26. The van der Waals surface area contributed by atoms with Crippen molar-refractivity contribution in [2.45, 2.75) is 38.6 Å². The fraction of sp³-hybridized carbons (Fsp3) is 0.375. The Hall–Kier alpha value is -3.79. The summed E-state index contributed by atoms with van der Waals surface area (Å²) in [5, 5.41) is 11.7. The fourth-order valence-corrected chi connectivity index (χ4v) is 6.17. The molecule has 10 heteroatoms. The Labute approximate surface area is 251 Å². The topological polar surface area (TPSA) is 97.2 Å². The van der Waals surface area contributed by atoms with Gasteiger partial charge in [-0.15, -0.1) is 0 Å². The monoisotopic (exact) mass is 585 g/mol. The van der Waals surface area contributed by atoms with Gasteiger partial charge in [0.2, 0.25) is 5.95 Å². The highest BCUT2D eigenvalue weighted by molar-refractivity contribution is 6.33. The maximum atomic E-state index is 13.0. The average Bonchev–Trinajstić information content (AvgIpc) is 3.34. The number of hydrogen-bond donors (Lipinski definition) is 2. The zero-order chi connectivity index (χ0) is 29.2. The van der Waals surface area contributed by atoms with Crippen molar-refractivity contribution in [2.24, 2.45) is 7.05 Å². The number of anilines is 2. The summed E-state index contributed by atoms with van der Waals surface area (Å²) in [6.07, 6.45) is 5.41. The number of carbonyl (C=O) groups is 1. The van der Waals surface area contributed by atoms with Crippen molar-refractivity contribution >= 4 is 29.1 Å². The molecule has 0 bridgehead atoms. The number of ether oxygens (including phenoxy) is 1. The first-order valence-electron chi connectivity index (χ1n) is 14.5. The molecule has 4 aromatic rings. The number of halogens is 1. The van der Waals surface area contributed by atoms with Crippen LogP contribution in [0, 0.1) is 6.92 Å². The predicted molar refractivity (Wildman–Crippen MR) is 165 cm³/mol. The molecule has 42 heavy (non-hydrogen) atoms. The Morgan fingerprint density at radius 3 is 2.71 bits per heavy atom. The third-order valence-corrected chi connectivity index (χ3v) is 8.58. The Morgan fingerprint density at radius 1 is 1.14 bits per heavy atom. The number of methoxy groups -OCH3 is 1. The molecule has 2 aliphatic rings. The molecule has 0 atom stereocenters. The van der Waals surface area contributed by atoms with Crippen molar-refractivity contribution in [3.8, 4) is 22.5 Å². The Balaban J connectivity index is 1.18. The van der Waals surface area contributed by atoms with Crippen LogP contribution in [-0.4, -0.2) is 69.9 Å². The molecule has 2 aromatic carbocycles. The van der Waals surface area contributed by atoms with E-state index >= 15 is 0 Å². The lowest BCUT2D eigenvalue weighted by atomic mass is 9.90. The van der Waals surface area contributed by atoms with Gasteiger partial charge in [0.1, 0.15) is 0 Å². The third kappa shape index (κ3) is 5.77. The molecule has 3 heterocycles. The van der Waals surface area contributed by atoms with Gasteiger partial charge in [-0.05, 0) is 61.9 Å². The summed E-state index contributed by atoms with van der Waals surface area (Å²) in [4.78, 5) is 24.9. The van der Waals surface area contributed by atoms with Crippen molar-refractivity contribution in [3.05, 3.63) is 76.1 Å². The van der Waals surface area contributed by atoms with Gasteiger partial charge in [0.15, 0.2) is 0 Å². The minimum atomic E-state index is -0.114. The van der Waals surface area contributed by atoms with Crippen LogP contribution in [0.1, 0.15) is 40.0 Å². The molecule has 1 aliphatic carbocycles. The zero-order valence-electron chi connectivity index (χ0n) is 24.3. The standard InChI is InChI=1S/C32H36ClN7O2/c1-20-6-4-5-7-24(20)30-28-27(38-39(30)2)11-9-22-19-34-32(37-29(22)28)36-26-10-8-21(18-25(26)33)31(41)35-23-12-14-40(15-13-23)16-17-42-3/h4-8,10,18-19,23H,9,11-17H2,1-3H3,(H,35,41)(H,34,36,37). The van der Waals surface area contributed by atoms with Crippen LogP contribution in [-0.2, 0) is 24.6 Å². The van der Waals surface area contributed by atoms with E-state index in [2.05, 4.69) is 45.6 Å². The highest BCUT2D eigenvalue weighted by Crippen LogP contribution is 2.40. The van der Waals surface area contributed by atoms with Crippen molar-refractivity contribution in [1.82, 2.24) is 30.0 Å². The number of rotatable bonds is 8. The summed E-state index contributed by atoms with van der Waals surface area (Å²) in [5.74, 6) is 0.331. The first-order valence-corrected chi connectivity index (χ1v) is 14.9. The van der Waals surface area contributed by atoms with Crippen LogP contribution in [0.4, 0.5) is 11.6 Å². The van der Waals surface area contributed by atoms with Gasteiger partial charge in [-0.2, -0.15) is 5.10 Å². The number of carbonyl (C=O) groups excluding carboxylic acids is 1. The van der Waals surface area contributed by atoms with Gasteiger partial charge in [0, 0.05) is 62.7 Å². The maximum absolute atomic E-state index is 13.0. The van der Waals surface area contributed by atoms with E-state index < -0.39 is 0 Å². The number of nitrogens with zero attached hydrogens (tertiary/aromatic N) is 5. The number of nitrogens with one attached hydrogen (secondary N) is 2. The van der Waals surface area contributed by atoms with Crippen LogP contribution < -0.4 is 10.6 Å². The molecule has 1 fully saturated rings. The number of benzene rings is 2. The highest BCUT2D eigenvalue weighted by atomic mass is 35.5. The van der Waals surface area contributed by atoms with Gasteiger partial charge in [-0.25, -0.2) is 9.97 Å². The van der Waals surface area contributed by atoms with Crippen molar-refractivity contribution in [3.63, 3.8) is 0 Å². The van der Waals surface area contributed by atoms with E-state index in [0.29, 0.717) is 22.2 Å². The van der Waals surface area contributed by atoms with E-state index in [1.165, 1.54) is 5.56 Å². The molecule has 0 spiro atoms. The lowest BCUT2D eigenvalue weighted by Gasteiger charge is -2.32. The summed E-state index contributed by atoms with van der Waals surface area (Å²) in [6, 6.07) is 13.8. The van der Waals surface area contributed by atoms with Crippen LogP contribution in [0.15, 0.2) is 48.7 Å². The van der Waals surface area contributed by atoms with Crippen molar-refractivity contribution < 1.29 is 9.53 Å². The lowest BCUT2D eigenvalue weighted by Crippen LogP contribution is -2.45. The largest absolute Gasteiger partial charge is 0.383 e. The summed E-state index contributed by atoms with van der Waals surface area (Å²) in [5.41, 5.74) is 8.64. The normalized spacial score (nSPS) is 15.2. The quantitative estimate of drug-likeness (QED) is 0.294.